The molecule has 5 aromatic rings. The number of benzene rings is 2. The Kier molecular flexibility index (Phi) is 5.58. The second-order valence-corrected chi connectivity index (χ2v) is 8.42. The first-order valence-electron chi connectivity index (χ1n) is 10.1. The molecule has 0 saturated heterocycles. The molecule has 5 rings (SSSR count). The Morgan fingerprint density at radius 1 is 1.00 bits per heavy atom. The van der Waals surface area contributed by atoms with Crippen LogP contribution < -0.4 is 5.32 Å². The molecule has 9 heteroatoms. The van der Waals surface area contributed by atoms with Crippen LogP contribution in [-0.4, -0.2) is 30.5 Å². The maximum Gasteiger partial charge on any atom is 0.256 e. The van der Waals surface area contributed by atoms with Crippen molar-refractivity contribution in [2.75, 3.05) is 5.32 Å². The van der Waals surface area contributed by atoms with Gasteiger partial charge < -0.3 is 5.32 Å². The molecular formula is C24H18Cl2N6O. The number of nitrogens with zero attached hydrogens (tertiary/aromatic N) is 5. The van der Waals surface area contributed by atoms with Crippen molar-refractivity contribution in [3.8, 4) is 11.3 Å². The molecule has 0 fully saturated rings. The fraction of sp³-hybridized carbons (Fsp3) is 0.0833. The number of aromatic nitrogens is 5. The van der Waals surface area contributed by atoms with Gasteiger partial charge in [0.05, 0.1) is 51.4 Å². The summed E-state index contributed by atoms with van der Waals surface area (Å²) in [5, 5.41) is 13.3. The Balaban J connectivity index is 1.42. The van der Waals surface area contributed by atoms with Gasteiger partial charge in [0.2, 0.25) is 0 Å². The van der Waals surface area contributed by atoms with Crippen molar-refractivity contribution in [1.82, 2.24) is 24.5 Å². The Labute approximate surface area is 199 Å². The highest BCUT2D eigenvalue weighted by atomic mass is 35.5. The largest absolute Gasteiger partial charge is 0.319 e. The van der Waals surface area contributed by atoms with Gasteiger partial charge in [0, 0.05) is 30.4 Å². The Hall–Kier alpha value is -3.68. The van der Waals surface area contributed by atoms with Crippen molar-refractivity contribution < 1.29 is 4.79 Å². The van der Waals surface area contributed by atoms with Crippen molar-refractivity contribution in [2.45, 2.75) is 6.54 Å². The number of carbonyl (C=O) groups excluding carboxylic acids is 1. The van der Waals surface area contributed by atoms with Gasteiger partial charge in [0.25, 0.3) is 5.91 Å². The van der Waals surface area contributed by atoms with E-state index < -0.39 is 0 Å². The van der Waals surface area contributed by atoms with Crippen molar-refractivity contribution in [3.63, 3.8) is 0 Å². The van der Waals surface area contributed by atoms with Crippen LogP contribution >= 0.6 is 23.2 Å². The summed E-state index contributed by atoms with van der Waals surface area (Å²) in [6.07, 6.45) is 6.98. The van der Waals surface area contributed by atoms with Crippen LogP contribution in [0.5, 0.6) is 0 Å². The van der Waals surface area contributed by atoms with E-state index in [4.69, 9.17) is 28.2 Å². The van der Waals surface area contributed by atoms with Crippen LogP contribution in [0, 0.1) is 0 Å². The molecule has 0 atom stereocenters. The first kappa shape index (κ1) is 21.2. The van der Waals surface area contributed by atoms with Crippen molar-refractivity contribution in [2.24, 2.45) is 7.05 Å². The van der Waals surface area contributed by atoms with E-state index in [-0.39, 0.29) is 5.91 Å². The number of amides is 1. The van der Waals surface area contributed by atoms with Gasteiger partial charge in [-0.25, -0.2) is 4.98 Å². The zero-order chi connectivity index (χ0) is 22.9. The van der Waals surface area contributed by atoms with E-state index in [9.17, 15) is 4.79 Å². The molecule has 0 radical (unpaired) electrons. The molecule has 0 bridgehead atoms. The van der Waals surface area contributed by atoms with Crippen LogP contribution in [0.1, 0.15) is 15.9 Å². The normalized spacial score (nSPS) is 11.1. The first-order valence-corrected chi connectivity index (χ1v) is 10.9. The zero-order valence-electron chi connectivity index (χ0n) is 17.5. The van der Waals surface area contributed by atoms with Crippen LogP contribution in [0.25, 0.3) is 22.2 Å². The van der Waals surface area contributed by atoms with Gasteiger partial charge in [-0.1, -0.05) is 47.5 Å². The van der Waals surface area contributed by atoms with Gasteiger partial charge in [0.15, 0.2) is 0 Å². The summed E-state index contributed by atoms with van der Waals surface area (Å²) < 4.78 is 3.43. The van der Waals surface area contributed by atoms with Crippen molar-refractivity contribution in [1.29, 1.82) is 0 Å². The maximum absolute atomic E-state index is 13.2. The standard InChI is InChI=1S/C24H18Cl2N6O/c1-31-13-16(10-27-31)23-9-19(18-4-2-3-5-22(18)30-23)24(33)29-17-11-28-32(14-17)12-15-6-7-20(25)21(26)8-15/h2-11,13-14H,12H2,1H3,(H,29,33). The average Bonchev–Trinajstić information content (AvgIpc) is 3.44. The minimum atomic E-state index is -0.243. The summed E-state index contributed by atoms with van der Waals surface area (Å²) in [5.41, 5.74) is 4.32. The number of hydrogen-bond acceptors (Lipinski definition) is 4. The number of rotatable bonds is 5. The summed E-state index contributed by atoms with van der Waals surface area (Å²) in [4.78, 5) is 17.9. The quantitative estimate of drug-likeness (QED) is 0.366. The smallest absolute Gasteiger partial charge is 0.256 e. The monoisotopic (exact) mass is 476 g/mol. The number of hydrogen-bond donors (Lipinski definition) is 1. The Bertz CT molecular complexity index is 1490. The lowest BCUT2D eigenvalue weighted by molar-refractivity contribution is 0.102. The highest BCUT2D eigenvalue weighted by Crippen LogP contribution is 2.26. The lowest BCUT2D eigenvalue weighted by atomic mass is 10.0. The van der Waals surface area contributed by atoms with E-state index in [1.54, 1.807) is 46.2 Å². The lowest BCUT2D eigenvalue weighted by Gasteiger charge is -2.09. The molecule has 0 aliphatic rings. The van der Waals surface area contributed by atoms with Crippen LogP contribution in [-0.2, 0) is 13.6 Å². The Morgan fingerprint density at radius 2 is 1.85 bits per heavy atom. The molecule has 0 aliphatic heterocycles. The molecule has 0 unspecified atom stereocenters. The number of halogens is 2. The molecule has 2 aromatic carbocycles. The minimum absolute atomic E-state index is 0.243. The molecular weight excluding hydrogens is 459 g/mol. The number of nitrogens with one attached hydrogen (secondary N) is 1. The van der Waals surface area contributed by atoms with E-state index in [1.165, 1.54) is 0 Å². The van der Waals surface area contributed by atoms with E-state index in [0.717, 1.165) is 22.0 Å². The van der Waals surface area contributed by atoms with Crippen LogP contribution in [0.3, 0.4) is 0 Å². The molecule has 3 aromatic heterocycles. The topological polar surface area (TPSA) is 77.6 Å². The van der Waals surface area contributed by atoms with Gasteiger partial charge >= 0.3 is 0 Å². The molecule has 0 spiro atoms. The first-order chi connectivity index (χ1) is 16.0. The predicted octanol–water partition coefficient (Wildman–Crippen LogP) is 5.44. The molecule has 1 amide bonds. The second kappa shape index (κ2) is 8.69. The highest BCUT2D eigenvalue weighted by Gasteiger charge is 2.15. The van der Waals surface area contributed by atoms with E-state index in [1.807, 2.05) is 43.6 Å². The molecule has 33 heavy (non-hydrogen) atoms. The van der Waals surface area contributed by atoms with Crippen LogP contribution in [0.2, 0.25) is 10.0 Å². The van der Waals surface area contributed by atoms with Gasteiger partial charge in [-0.05, 0) is 29.8 Å². The number of para-hydroxylation sites is 1. The van der Waals surface area contributed by atoms with Crippen LogP contribution in [0.4, 0.5) is 5.69 Å². The third kappa shape index (κ3) is 4.46. The molecule has 164 valence electrons. The summed E-state index contributed by atoms with van der Waals surface area (Å²) in [6, 6.07) is 14.8. The van der Waals surface area contributed by atoms with Gasteiger partial charge in [-0.3, -0.25) is 14.2 Å². The summed E-state index contributed by atoms with van der Waals surface area (Å²) >= 11 is 12.1. The second-order valence-electron chi connectivity index (χ2n) is 7.60. The van der Waals surface area contributed by atoms with Crippen molar-refractivity contribution in [3.05, 3.63) is 94.5 Å². The number of carbonyl (C=O) groups is 1. The molecule has 0 saturated carbocycles. The fourth-order valence-corrected chi connectivity index (χ4v) is 3.92. The third-order valence-electron chi connectivity index (χ3n) is 5.18. The van der Waals surface area contributed by atoms with E-state index in [0.29, 0.717) is 33.5 Å². The summed E-state index contributed by atoms with van der Waals surface area (Å²) in [7, 11) is 1.84. The minimum Gasteiger partial charge on any atom is -0.319 e. The van der Waals surface area contributed by atoms with E-state index >= 15 is 0 Å². The molecule has 3 heterocycles. The fourth-order valence-electron chi connectivity index (χ4n) is 3.60. The van der Waals surface area contributed by atoms with Crippen molar-refractivity contribution >= 4 is 45.7 Å². The molecule has 1 N–H and O–H groups in total. The lowest BCUT2D eigenvalue weighted by Crippen LogP contribution is -2.12. The SMILES string of the molecule is Cn1cc(-c2cc(C(=O)Nc3cnn(Cc4ccc(Cl)c(Cl)c4)c3)c3ccccc3n2)cn1. The average molecular weight is 477 g/mol. The molecule has 7 nitrogen and oxygen atoms in total. The molecule has 0 aliphatic carbocycles. The number of pyridine rings is 1. The summed E-state index contributed by atoms with van der Waals surface area (Å²) in [6.45, 7) is 0.496. The third-order valence-corrected chi connectivity index (χ3v) is 5.92. The maximum atomic E-state index is 13.2. The summed E-state index contributed by atoms with van der Waals surface area (Å²) in [5.74, 6) is -0.243. The van der Waals surface area contributed by atoms with Gasteiger partial charge in [0.1, 0.15) is 0 Å². The van der Waals surface area contributed by atoms with Gasteiger partial charge in [-0.2, -0.15) is 10.2 Å². The number of anilines is 1. The zero-order valence-corrected chi connectivity index (χ0v) is 19.0. The number of aryl methyl sites for hydroxylation is 1. The Morgan fingerprint density at radius 3 is 2.64 bits per heavy atom. The number of fused-ring (bicyclic) bond motifs is 1. The van der Waals surface area contributed by atoms with Gasteiger partial charge in [-0.15, -0.1) is 0 Å². The van der Waals surface area contributed by atoms with Crippen LogP contribution in [0.15, 0.2) is 73.3 Å². The van der Waals surface area contributed by atoms with E-state index in [2.05, 4.69) is 15.5 Å². The highest BCUT2D eigenvalue weighted by molar-refractivity contribution is 6.42. The predicted molar refractivity (Wildman–Crippen MR) is 130 cm³/mol.